The van der Waals surface area contributed by atoms with Crippen LogP contribution in [-0.2, 0) is 4.43 Å². The summed E-state index contributed by atoms with van der Waals surface area (Å²) in [6, 6.07) is 0. The SMILES string of the molecule is CC(C)C1CCC(O[Si](C)(C)C)CC1. The van der Waals surface area contributed by atoms with Gasteiger partial charge in [0.2, 0.25) is 0 Å². The van der Waals surface area contributed by atoms with E-state index in [4.69, 9.17) is 4.43 Å². The van der Waals surface area contributed by atoms with Gasteiger partial charge in [0.25, 0.3) is 0 Å². The van der Waals surface area contributed by atoms with E-state index in [0.29, 0.717) is 6.10 Å². The molecule has 0 bridgehead atoms. The van der Waals surface area contributed by atoms with Crippen LogP contribution in [0, 0.1) is 11.8 Å². The van der Waals surface area contributed by atoms with Crippen LogP contribution in [0.4, 0.5) is 0 Å². The molecule has 84 valence electrons. The fraction of sp³-hybridized carbons (Fsp3) is 1.00. The molecule has 0 aromatic carbocycles. The van der Waals surface area contributed by atoms with Crippen molar-refractivity contribution in [3.8, 4) is 0 Å². The first-order chi connectivity index (χ1) is 6.38. The Morgan fingerprint density at radius 3 is 1.86 bits per heavy atom. The molecule has 1 aliphatic rings. The van der Waals surface area contributed by atoms with Crippen molar-refractivity contribution in [1.29, 1.82) is 0 Å². The summed E-state index contributed by atoms with van der Waals surface area (Å²) in [5.41, 5.74) is 0. The smallest absolute Gasteiger partial charge is 0.184 e. The van der Waals surface area contributed by atoms with Crippen molar-refractivity contribution < 1.29 is 4.43 Å². The van der Waals surface area contributed by atoms with Crippen LogP contribution in [0.1, 0.15) is 39.5 Å². The molecular weight excluding hydrogens is 188 g/mol. The van der Waals surface area contributed by atoms with Gasteiger partial charge in [-0.1, -0.05) is 13.8 Å². The first-order valence-electron chi connectivity index (χ1n) is 6.06. The maximum Gasteiger partial charge on any atom is 0.184 e. The molecule has 0 amide bonds. The molecule has 0 aromatic heterocycles. The third kappa shape index (κ3) is 4.14. The monoisotopic (exact) mass is 214 g/mol. The maximum absolute atomic E-state index is 6.15. The van der Waals surface area contributed by atoms with E-state index in [1.54, 1.807) is 0 Å². The van der Waals surface area contributed by atoms with Gasteiger partial charge < -0.3 is 4.43 Å². The van der Waals surface area contributed by atoms with Crippen molar-refractivity contribution in [2.75, 3.05) is 0 Å². The third-order valence-electron chi connectivity index (χ3n) is 3.18. The molecule has 0 saturated heterocycles. The molecule has 0 atom stereocenters. The van der Waals surface area contributed by atoms with Gasteiger partial charge in [-0.3, -0.25) is 0 Å². The Kier molecular flexibility index (Phi) is 4.20. The molecule has 2 heteroatoms. The van der Waals surface area contributed by atoms with E-state index in [2.05, 4.69) is 33.5 Å². The van der Waals surface area contributed by atoms with Crippen molar-refractivity contribution in [3.63, 3.8) is 0 Å². The quantitative estimate of drug-likeness (QED) is 0.644. The second-order valence-corrected chi connectivity index (χ2v) is 10.5. The Balaban J connectivity index is 2.29. The van der Waals surface area contributed by atoms with Gasteiger partial charge in [-0.15, -0.1) is 0 Å². The molecule has 0 aromatic rings. The highest BCUT2D eigenvalue weighted by atomic mass is 28.4. The van der Waals surface area contributed by atoms with Gasteiger partial charge in [0.05, 0.1) is 0 Å². The first-order valence-corrected chi connectivity index (χ1v) is 9.47. The molecule has 0 N–H and O–H groups in total. The van der Waals surface area contributed by atoms with Crippen molar-refractivity contribution in [2.45, 2.75) is 65.3 Å². The summed E-state index contributed by atoms with van der Waals surface area (Å²) in [5.74, 6) is 1.82. The Labute approximate surface area is 90.4 Å². The van der Waals surface area contributed by atoms with E-state index in [-0.39, 0.29) is 0 Å². The molecule has 1 fully saturated rings. The highest BCUT2D eigenvalue weighted by Gasteiger charge is 2.27. The molecule has 0 spiro atoms. The van der Waals surface area contributed by atoms with E-state index in [1.807, 2.05) is 0 Å². The lowest BCUT2D eigenvalue weighted by molar-refractivity contribution is 0.111. The topological polar surface area (TPSA) is 9.23 Å². The maximum atomic E-state index is 6.15. The highest BCUT2D eigenvalue weighted by molar-refractivity contribution is 6.69. The van der Waals surface area contributed by atoms with Crippen LogP contribution in [0.2, 0.25) is 19.6 Å². The van der Waals surface area contributed by atoms with Gasteiger partial charge in [0.1, 0.15) is 0 Å². The lowest BCUT2D eigenvalue weighted by atomic mass is 9.81. The van der Waals surface area contributed by atoms with Crippen LogP contribution < -0.4 is 0 Å². The fourth-order valence-corrected chi connectivity index (χ4v) is 3.61. The van der Waals surface area contributed by atoms with Gasteiger partial charge in [-0.05, 0) is 57.2 Å². The predicted molar refractivity (Wildman–Crippen MR) is 65.0 cm³/mol. The minimum absolute atomic E-state index is 0.580. The van der Waals surface area contributed by atoms with E-state index < -0.39 is 8.32 Å². The molecule has 0 aliphatic heterocycles. The summed E-state index contributed by atoms with van der Waals surface area (Å²) in [7, 11) is -1.29. The molecule has 0 heterocycles. The van der Waals surface area contributed by atoms with Gasteiger partial charge in [-0.25, -0.2) is 0 Å². The average Bonchev–Trinajstić information content (AvgIpc) is 2.02. The summed E-state index contributed by atoms with van der Waals surface area (Å²) in [6.07, 6.45) is 5.94. The lowest BCUT2D eigenvalue weighted by Gasteiger charge is -2.34. The van der Waals surface area contributed by atoms with Crippen LogP contribution >= 0.6 is 0 Å². The fourth-order valence-electron chi connectivity index (χ4n) is 2.37. The van der Waals surface area contributed by atoms with E-state index >= 15 is 0 Å². The first kappa shape index (κ1) is 12.2. The summed E-state index contributed by atoms with van der Waals surface area (Å²) in [6.45, 7) is 11.6. The third-order valence-corrected chi connectivity index (χ3v) is 4.22. The summed E-state index contributed by atoms with van der Waals surface area (Å²) in [4.78, 5) is 0. The number of rotatable bonds is 3. The van der Waals surface area contributed by atoms with Crippen LogP contribution in [0.25, 0.3) is 0 Å². The second kappa shape index (κ2) is 4.80. The molecule has 1 nitrogen and oxygen atoms in total. The van der Waals surface area contributed by atoms with Crippen LogP contribution in [0.5, 0.6) is 0 Å². The van der Waals surface area contributed by atoms with Gasteiger partial charge in [-0.2, -0.15) is 0 Å². The molecule has 14 heavy (non-hydrogen) atoms. The summed E-state index contributed by atoms with van der Waals surface area (Å²) >= 11 is 0. The Bertz CT molecular complexity index is 164. The predicted octanol–water partition coefficient (Wildman–Crippen LogP) is 4.05. The minimum atomic E-state index is -1.29. The van der Waals surface area contributed by atoms with Crippen molar-refractivity contribution in [2.24, 2.45) is 11.8 Å². The van der Waals surface area contributed by atoms with Gasteiger partial charge in [0.15, 0.2) is 8.32 Å². The van der Waals surface area contributed by atoms with Gasteiger partial charge >= 0.3 is 0 Å². The van der Waals surface area contributed by atoms with Crippen LogP contribution in [0.15, 0.2) is 0 Å². The molecular formula is C12H26OSi. The normalized spacial score (nSPS) is 29.6. The van der Waals surface area contributed by atoms with Crippen molar-refractivity contribution in [3.05, 3.63) is 0 Å². The Hall–Kier alpha value is 0.177. The molecule has 1 saturated carbocycles. The van der Waals surface area contributed by atoms with E-state index in [0.717, 1.165) is 11.8 Å². The summed E-state index contributed by atoms with van der Waals surface area (Å²) in [5, 5.41) is 0. The Morgan fingerprint density at radius 2 is 1.50 bits per heavy atom. The number of hydrogen-bond acceptors (Lipinski definition) is 1. The van der Waals surface area contributed by atoms with Crippen molar-refractivity contribution in [1.82, 2.24) is 0 Å². The van der Waals surface area contributed by atoms with Crippen molar-refractivity contribution >= 4 is 8.32 Å². The Morgan fingerprint density at radius 1 is 1.00 bits per heavy atom. The zero-order valence-corrected chi connectivity index (χ0v) is 11.5. The largest absolute Gasteiger partial charge is 0.415 e. The lowest BCUT2D eigenvalue weighted by Crippen LogP contribution is -2.34. The number of hydrogen-bond donors (Lipinski definition) is 0. The molecule has 1 rings (SSSR count). The van der Waals surface area contributed by atoms with Crippen LogP contribution in [0.3, 0.4) is 0 Å². The molecule has 0 radical (unpaired) electrons. The average molecular weight is 214 g/mol. The zero-order chi connectivity index (χ0) is 10.8. The zero-order valence-electron chi connectivity index (χ0n) is 10.5. The molecule has 1 aliphatic carbocycles. The van der Waals surface area contributed by atoms with E-state index in [9.17, 15) is 0 Å². The summed E-state index contributed by atoms with van der Waals surface area (Å²) < 4.78 is 6.15. The minimum Gasteiger partial charge on any atom is -0.415 e. The highest BCUT2D eigenvalue weighted by Crippen LogP contribution is 2.32. The van der Waals surface area contributed by atoms with Crippen LogP contribution in [-0.4, -0.2) is 14.4 Å². The van der Waals surface area contributed by atoms with E-state index in [1.165, 1.54) is 25.7 Å². The second-order valence-electron chi connectivity index (χ2n) is 6.01. The van der Waals surface area contributed by atoms with Gasteiger partial charge in [0, 0.05) is 6.10 Å². The standard InChI is InChI=1S/C12H26OSi/c1-10(2)11-6-8-12(9-7-11)13-14(3,4)5/h10-12H,6-9H2,1-5H3. The molecule has 0 unspecified atom stereocenters.